The molecule has 1 N–H and O–H groups in total. The second kappa shape index (κ2) is 4.48. The number of nitrogens with zero attached hydrogens (tertiary/aromatic N) is 1. The Morgan fingerprint density at radius 3 is 2.67 bits per heavy atom. The molecule has 0 unspecified atom stereocenters. The van der Waals surface area contributed by atoms with Crippen LogP contribution in [0, 0.1) is 13.8 Å². The van der Waals surface area contributed by atoms with Gasteiger partial charge in [-0.2, -0.15) is 0 Å². The van der Waals surface area contributed by atoms with Crippen molar-refractivity contribution in [3.63, 3.8) is 0 Å². The summed E-state index contributed by atoms with van der Waals surface area (Å²) in [6, 6.07) is 0. The van der Waals surface area contributed by atoms with Gasteiger partial charge < -0.3 is 10.0 Å². The molecule has 0 radical (unpaired) electrons. The number of benzene rings is 1. The van der Waals surface area contributed by atoms with E-state index in [1.54, 1.807) is 4.90 Å². The fraction of sp³-hybridized carbons (Fsp3) is 0.400. The van der Waals surface area contributed by atoms with Crippen molar-refractivity contribution in [2.45, 2.75) is 33.6 Å². The van der Waals surface area contributed by atoms with Crippen LogP contribution in [-0.2, 0) is 17.6 Å². The maximum atomic E-state index is 11.1. The number of aromatic hydroxyl groups is 1. The van der Waals surface area contributed by atoms with Gasteiger partial charge in [0.2, 0.25) is 6.41 Å². The van der Waals surface area contributed by atoms with E-state index in [1.165, 1.54) is 0 Å². The molecule has 3 heteroatoms. The third-order valence-corrected chi connectivity index (χ3v) is 3.68. The minimum atomic E-state index is 0.363. The fourth-order valence-corrected chi connectivity index (χ4v) is 2.76. The van der Waals surface area contributed by atoms with Crippen molar-refractivity contribution in [2.24, 2.45) is 0 Å². The van der Waals surface area contributed by atoms with Gasteiger partial charge in [0, 0.05) is 12.1 Å². The van der Waals surface area contributed by atoms with Crippen LogP contribution in [0.25, 0.3) is 0 Å². The van der Waals surface area contributed by atoms with Crippen molar-refractivity contribution in [2.75, 3.05) is 11.4 Å². The average molecular weight is 245 g/mol. The first kappa shape index (κ1) is 12.7. The van der Waals surface area contributed by atoms with E-state index in [0.29, 0.717) is 18.7 Å². The second-order valence-corrected chi connectivity index (χ2v) is 5.09. The number of fused-ring (bicyclic) bond motifs is 1. The van der Waals surface area contributed by atoms with Crippen LogP contribution in [0.1, 0.15) is 29.2 Å². The van der Waals surface area contributed by atoms with Gasteiger partial charge in [-0.15, -0.1) is 0 Å². The van der Waals surface area contributed by atoms with E-state index in [0.717, 1.165) is 46.3 Å². The van der Waals surface area contributed by atoms with Crippen LogP contribution in [0.3, 0.4) is 0 Å². The highest BCUT2D eigenvalue weighted by Gasteiger charge is 2.27. The number of carbonyl (C=O) groups excluding carboxylic acids is 1. The van der Waals surface area contributed by atoms with Gasteiger partial charge in [0.05, 0.1) is 5.69 Å². The fourth-order valence-electron chi connectivity index (χ4n) is 2.76. The van der Waals surface area contributed by atoms with Crippen molar-refractivity contribution in [1.82, 2.24) is 0 Å². The molecule has 96 valence electrons. The van der Waals surface area contributed by atoms with Crippen molar-refractivity contribution >= 4 is 12.1 Å². The first-order chi connectivity index (χ1) is 8.47. The van der Waals surface area contributed by atoms with Gasteiger partial charge >= 0.3 is 0 Å². The summed E-state index contributed by atoms with van der Waals surface area (Å²) in [7, 11) is 0. The molecule has 18 heavy (non-hydrogen) atoms. The number of phenolic OH excluding ortho intramolecular Hbond substituents is 1. The van der Waals surface area contributed by atoms with Crippen molar-refractivity contribution in [1.29, 1.82) is 0 Å². The summed E-state index contributed by atoms with van der Waals surface area (Å²) in [5, 5.41) is 10.3. The largest absolute Gasteiger partial charge is 0.507 e. The number of allylic oxidation sites excluding steroid dienone is 1. The maximum Gasteiger partial charge on any atom is 0.214 e. The predicted octanol–water partition coefficient (Wildman–Crippen LogP) is 2.65. The molecule has 1 aromatic rings. The number of hydrogen-bond acceptors (Lipinski definition) is 2. The van der Waals surface area contributed by atoms with Crippen LogP contribution in [-0.4, -0.2) is 18.1 Å². The van der Waals surface area contributed by atoms with Crippen LogP contribution in [0.2, 0.25) is 0 Å². The van der Waals surface area contributed by atoms with Gasteiger partial charge in [0.1, 0.15) is 5.75 Å². The Morgan fingerprint density at radius 1 is 1.44 bits per heavy atom. The molecule has 1 aliphatic heterocycles. The summed E-state index contributed by atoms with van der Waals surface area (Å²) < 4.78 is 0. The lowest BCUT2D eigenvalue weighted by Crippen LogP contribution is -2.18. The van der Waals surface area contributed by atoms with Crippen LogP contribution in [0.5, 0.6) is 5.75 Å². The zero-order valence-electron chi connectivity index (χ0n) is 11.2. The predicted molar refractivity (Wildman–Crippen MR) is 73.2 cm³/mol. The van der Waals surface area contributed by atoms with Gasteiger partial charge in [-0.25, -0.2) is 0 Å². The molecule has 0 bridgehead atoms. The molecule has 1 heterocycles. The summed E-state index contributed by atoms with van der Waals surface area (Å²) in [5.74, 6) is 0.363. The lowest BCUT2D eigenvalue weighted by molar-refractivity contribution is -0.107. The second-order valence-electron chi connectivity index (χ2n) is 5.09. The zero-order valence-corrected chi connectivity index (χ0v) is 11.2. The third kappa shape index (κ3) is 1.80. The molecule has 2 rings (SSSR count). The molecule has 0 fully saturated rings. The minimum Gasteiger partial charge on any atom is -0.507 e. The van der Waals surface area contributed by atoms with Gasteiger partial charge in [0.15, 0.2) is 0 Å². The number of amides is 1. The van der Waals surface area contributed by atoms with Crippen LogP contribution in [0.4, 0.5) is 5.69 Å². The van der Waals surface area contributed by atoms with E-state index in [4.69, 9.17) is 0 Å². The van der Waals surface area contributed by atoms with E-state index < -0.39 is 0 Å². The van der Waals surface area contributed by atoms with E-state index in [1.807, 2.05) is 20.8 Å². The summed E-state index contributed by atoms with van der Waals surface area (Å²) in [6.07, 6.45) is 2.35. The lowest BCUT2D eigenvalue weighted by Gasteiger charge is -2.20. The molecule has 0 atom stereocenters. The molecule has 0 spiro atoms. The van der Waals surface area contributed by atoms with Crippen LogP contribution in [0.15, 0.2) is 12.2 Å². The Kier molecular flexibility index (Phi) is 3.16. The lowest BCUT2D eigenvalue weighted by atomic mass is 9.92. The van der Waals surface area contributed by atoms with Gasteiger partial charge in [0.25, 0.3) is 0 Å². The molecular weight excluding hydrogens is 226 g/mol. The van der Waals surface area contributed by atoms with E-state index in [-0.39, 0.29) is 0 Å². The Morgan fingerprint density at radius 2 is 2.11 bits per heavy atom. The average Bonchev–Trinajstić information content (AvgIpc) is 2.75. The zero-order chi connectivity index (χ0) is 13.4. The highest BCUT2D eigenvalue weighted by Crippen LogP contribution is 2.41. The first-order valence-electron chi connectivity index (χ1n) is 6.17. The van der Waals surface area contributed by atoms with Crippen molar-refractivity contribution in [3.8, 4) is 5.75 Å². The minimum absolute atomic E-state index is 0.363. The van der Waals surface area contributed by atoms with Crippen molar-refractivity contribution < 1.29 is 9.90 Å². The van der Waals surface area contributed by atoms with Gasteiger partial charge in [-0.3, -0.25) is 4.79 Å². The Balaban J connectivity index is 2.67. The highest BCUT2D eigenvalue weighted by molar-refractivity contribution is 5.84. The van der Waals surface area contributed by atoms with Gasteiger partial charge in [-0.05, 0) is 50.3 Å². The number of phenols is 1. The number of rotatable bonds is 3. The Hall–Kier alpha value is -1.77. The van der Waals surface area contributed by atoms with E-state index >= 15 is 0 Å². The molecule has 0 saturated heterocycles. The summed E-state index contributed by atoms with van der Waals surface area (Å²) in [6.45, 7) is 10.4. The molecule has 1 amide bonds. The normalized spacial score (nSPS) is 13.6. The first-order valence-corrected chi connectivity index (χ1v) is 6.17. The third-order valence-electron chi connectivity index (χ3n) is 3.68. The quantitative estimate of drug-likeness (QED) is 0.657. The monoisotopic (exact) mass is 245 g/mol. The van der Waals surface area contributed by atoms with Crippen molar-refractivity contribution in [3.05, 3.63) is 34.4 Å². The summed E-state index contributed by atoms with van der Waals surface area (Å²) in [5.41, 5.74) is 5.88. The molecule has 1 aliphatic rings. The summed E-state index contributed by atoms with van der Waals surface area (Å²) in [4.78, 5) is 12.8. The van der Waals surface area contributed by atoms with Crippen LogP contribution < -0.4 is 4.90 Å². The molecule has 0 aliphatic carbocycles. The topological polar surface area (TPSA) is 40.5 Å². The van der Waals surface area contributed by atoms with E-state index in [9.17, 15) is 9.90 Å². The SMILES string of the molecule is C=C(C)Cc1c(C)c2c(c(C)c1O)CCN2C=O. The van der Waals surface area contributed by atoms with Gasteiger partial charge in [-0.1, -0.05) is 12.2 Å². The number of hydrogen-bond donors (Lipinski definition) is 1. The number of anilines is 1. The smallest absolute Gasteiger partial charge is 0.214 e. The van der Waals surface area contributed by atoms with E-state index in [2.05, 4.69) is 6.58 Å². The molecule has 3 nitrogen and oxygen atoms in total. The molecule has 1 aromatic carbocycles. The standard InChI is InChI=1S/C15H19NO2/c1-9(2)7-13-10(3)14-12(11(4)15(13)18)5-6-16(14)8-17/h8,18H,1,5-7H2,2-4H3. The Bertz CT molecular complexity index is 532. The highest BCUT2D eigenvalue weighted by atomic mass is 16.3. The summed E-state index contributed by atoms with van der Waals surface area (Å²) >= 11 is 0. The molecule has 0 aromatic heterocycles. The Labute approximate surface area is 108 Å². The molecular formula is C15H19NO2. The molecule has 0 saturated carbocycles. The van der Waals surface area contributed by atoms with Crippen LogP contribution >= 0.6 is 0 Å². The maximum absolute atomic E-state index is 11.1. The number of carbonyl (C=O) groups is 1.